The average Bonchev–Trinajstić information content (AvgIpc) is 3.15. The summed E-state index contributed by atoms with van der Waals surface area (Å²) in [5.41, 5.74) is -1.01. The van der Waals surface area contributed by atoms with Gasteiger partial charge in [0.05, 0.1) is 17.9 Å². The van der Waals surface area contributed by atoms with Gasteiger partial charge >= 0.3 is 0 Å². The Hall–Kier alpha value is -1.19. The zero-order chi connectivity index (χ0) is 19.2. The van der Waals surface area contributed by atoms with E-state index in [2.05, 4.69) is 26.6 Å². The lowest BCUT2D eigenvalue weighted by molar-refractivity contribution is -0.142. The monoisotopic (exact) mass is 431 g/mol. The molecule has 3 unspecified atom stereocenters. The Balaban J connectivity index is 2.02. The van der Waals surface area contributed by atoms with Crippen molar-refractivity contribution in [3.05, 3.63) is 0 Å². The Kier molecular flexibility index (Phi) is 5.33. The van der Waals surface area contributed by atoms with Crippen LogP contribution in [0.5, 0.6) is 0 Å². The van der Waals surface area contributed by atoms with Crippen molar-refractivity contribution in [2.75, 3.05) is 20.2 Å². The molecule has 3 aliphatic rings. The number of hydrogen-bond acceptors (Lipinski definition) is 5. The first-order valence-corrected chi connectivity index (χ1v) is 9.95. The summed E-state index contributed by atoms with van der Waals surface area (Å²) in [4.78, 5) is 40.1. The molecular weight excluding hydrogens is 406 g/mol. The number of aliphatic hydroxyl groups is 1. The Morgan fingerprint density at radius 3 is 2.69 bits per heavy atom. The summed E-state index contributed by atoms with van der Waals surface area (Å²) >= 11 is 3.58. The van der Waals surface area contributed by atoms with E-state index in [9.17, 15) is 19.5 Å². The molecule has 0 aliphatic carbocycles. The van der Waals surface area contributed by atoms with Crippen molar-refractivity contribution in [2.45, 2.75) is 55.3 Å². The molecule has 1 spiro atoms. The van der Waals surface area contributed by atoms with E-state index in [1.165, 1.54) is 11.9 Å². The lowest BCUT2D eigenvalue weighted by atomic mass is 9.70. The quantitative estimate of drug-likeness (QED) is 0.486. The van der Waals surface area contributed by atoms with Crippen LogP contribution in [0, 0.1) is 11.8 Å². The molecule has 0 aromatic carbocycles. The van der Waals surface area contributed by atoms with Crippen LogP contribution >= 0.6 is 15.9 Å². The molecule has 3 saturated heterocycles. The predicted molar refractivity (Wildman–Crippen MR) is 96.5 cm³/mol. The molecule has 0 radical (unpaired) electrons. The van der Waals surface area contributed by atoms with Gasteiger partial charge in [-0.05, 0) is 26.7 Å². The molecule has 3 heterocycles. The van der Waals surface area contributed by atoms with E-state index in [-0.39, 0.29) is 41.7 Å². The Bertz CT molecular complexity index is 615. The zero-order valence-corrected chi connectivity index (χ0v) is 16.8. The molecule has 26 heavy (non-hydrogen) atoms. The molecule has 3 N–H and O–H groups in total. The first-order valence-electron chi connectivity index (χ1n) is 9.03. The molecule has 2 bridgehead atoms. The van der Waals surface area contributed by atoms with Gasteiger partial charge in [-0.2, -0.15) is 0 Å². The number of halogens is 1. The molecule has 146 valence electrons. The Morgan fingerprint density at radius 1 is 1.42 bits per heavy atom. The summed E-state index contributed by atoms with van der Waals surface area (Å²) in [7, 11) is 1.54. The number of carbonyl (C=O) groups excluding carboxylic acids is 3. The number of aliphatic hydroxyl groups excluding tert-OH is 1. The van der Waals surface area contributed by atoms with Gasteiger partial charge < -0.3 is 25.4 Å². The van der Waals surface area contributed by atoms with E-state index in [1.54, 1.807) is 0 Å². The number of ether oxygens (including phenoxy) is 1. The number of nitrogens with one attached hydrogen (secondary N) is 2. The number of carbonyl (C=O) groups is 3. The van der Waals surface area contributed by atoms with Crippen molar-refractivity contribution >= 4 is 33.7 Å². The largest absolute Gasteiger partial charge is 0.396 e. The fourth-order valence-corrected chi connectivity index (χ4v) is 5.68. The fourth-order valence-electron chi connectivity index (χ4n) is 4.74. The summed E-state index contributed by atoms with van der Waals surface area (Å²) in [6, 6.07) is -0.880. The van der Waals surface area contributed by atoms with Crippen molar-refractivity contribution in [1.82, 2.24) is 15.5 Å². The van der Waals surface area contributed by atoms with E-state index < -0.39 is 29.6 Å². The minimum absolute atomic E-state index is 0.0800. The number of hydrogen-bond donors (Lipinski definition) is 3. The highest BCUT2D eigenvalue weighted by Crippen LogP contribution is 2.59. The lowest BCUT2D eigenvalue weighted by Crippen LogP contribution is -2.57. The number of rotatable bonds is 6. The molecule has 3 rings (SSSR count). The van der Waals surface area contributed by atoms with Gasteiger partial charge in [-0.1, -0.05) is 15.9 Å². The molecule has 8 nitrogen and oxygen atoms in total. The third-order valence-electron chi connectivity index (χ3n) is 5.57. The number of nitrogens with zero attached hydrogens (tertiary/aromatic N) is 1. The van der Waals surface area contributed by atoms with Gasteiger partial charge in [0.15, 0.2) is 0 Å². The van der Waals surface area contributed by atoms with Crippen LogP contribution in [-0.2, 0) is 19.1 Å². The first kappa shape index (κ1) is 19.6. The van der Waals surface area contributed by atoms with Gasteiger partial charge in [0.25, 0.3) is 0 Å². The summed E-state index contributed by atoms with van der Waals surface area (Å²) < 4.78 is 6.23. The first-order chi connectivity index (χ1) is 12.3. The van der Waals surface area contributed by atoms with Gasteiger partial charge in [0, 0.05) is 31.1 Å². The molecule has 0 aromatic rings. The highest BCUT2D eigenvalue weighted by Gasteiger charge is 2.76. The third-order valence-corrected chi connectivity index (χ3v) is 6.42. The van der Waals surface area contributed by atoms with Crippen molar-refractivity contribution in [3.8, 4) is 0 Å². The van der Waals surface area contributed by atoms with Crippen LogP contribution in [0.3, 0.4) is 0 Å². The second-order valence-corrected chi connectivity index (χ2v) is 8.73. The van der Waals surface area contributed by atoms with Crippen molar-refractivity contribution in [2.24, 2.45) is 11.8 Å². The topological polar surface area (TPSA) is 108 Å². The van der Waals surface area contributed by atoms with Crippen LogP contribution in [0.15, 0.2) is 0 Å². The van der Waals surface area contributed by atoms with E-state index in [0.29, 0.717) is 12.8 Å². The standard InChI is InChI=1S/C17H26BrN3O5/c1-8(2)20-15(24)13-17-7-9(18)12(26-17)10(14(23)19-3)11(17)16(25)21(13)5-4-6-22/h8-13,22H,4-7H2,1-3H3,(H,19,23)(H,20,24)/t9?,10-,11-,12-,13?,17?/m0/s1. The molecule has 9 heteroatoms. The minimum atomic E-state index is -1.01. The van der Waals surface area contributed by atoms with Gasteiger partial charge in [-0.3, -0.25) is 14.4 Å². The second-order valence-electron chi connectivity index (χ2n) is 7.55. The predicted octanol–water partition coefficient (Wildman–Crippen LogP) is -0.613. The van der Waals surface area contributed by atoms with E-state index in [0.717, 1.165) is 0 Å². The van der Waals surface area contributed by atoms with Gasteiger partial charge in [0.1, 0.15) is 11.6 Å². The van der Waals surface area contributed by atoms with E-state index >= 15 is 0 Å². The summed E-state index contributed by atoms with van der Waals surface area (Å²) in [6.07, 6.45) is 0.428. The van der Waals surface area contributed by atoms with E-state index in [1.807, 2.05) is 13.8 Å². The van der Waals surface area contributed by atoms with Gasteiger partial charge in [-0.25, -0.2) is 0 Å². The smallest absolute Gasteiger partial charge is 0.246 e. The summed E-state index contributed by atoms with van der Waals surface area (Å²) in [5, 5.41) is 14.7. The second kappa shape index (κ2) is 7.09. The molecule has 0 aromatic heterocycles. The maximum absolute atomic E-state index is 13.2. The summed E-state index contributed by atoms with van der Waals surface area (Å²) in [5.74, 6) is -2.06. The van der Waals surface area contributed by atoms with Crippen LogP contribution in [0.4, 0.5) is 0 Å². The molecule has 3 amide bonds. The van der Waals surface area contributed by atoms with Crippen LogP contribution in [0.25, 0.3) is 0 Å². The SMILES string of the molecule is CNC(=O)[C@H]1[C@H]2C(=O)N(CCCO)C(C(=O)NC(C)C)C23CC(Br)[C@@H]1O3. The maximum Gasteiger partial charge on any atom is 0.246 e. The van der Waals surface area contributed by atoms with Crippen molar-refractivity contribution in [3.63, 3.8) is 0 Å². The number of alkyl halides is 1. The number of likely N-dealkylation sites (tertiary alicyclic amines) is 1. The minimum Gasteiger partial charge on any atom is -0.396 e. The lowest BCUT2D eigenvalue weighted by Gasteiger charge is -2.34. The molecule has 6 atom stereocenters. The highest BCUT2D eigenvalue weighted by molar-refractivity contribution is 9.09. The van der Waals surface area contributed by atoms with Gasteiger partial charge in [-0.15, -0.1) is 0 Å². The third kappa shape index (κ3) is 2.75. The van der Waals surface area contributed by atoms with Gasteiger partial charge in [0.2, 0.25) is 17.7 Å². The fraction of sp³-hybridized carbons (Fsp3) is 0.824. The Morgan fingerprint density at radius 2 is 2.12 bits per heavy atom. The average molecular weight is 432 g/mol. The van der Waals surface area contributed by atoms with E-state index in [4.69, 9.17) is 4.74 Å². The van der Waals surface area contributed by atoms with Crippen molar-refractivity contribution in [1.29, 1.82) is 0 Å². The maximum atomic E-state index is 13.2. The van der Waals surface area contributed by atoms with Crippen LogP contribution in [-0.4, -0.2) is 76.5 Å². The molecule has 3 fully saturated rings. The van der Waals surface area contributed by atoms with Crippen LogP contribution in [0.2, 0.25) is 0 Å². The molecule has 3 aliphatic heterocycles. The number of fused-ring (bicyclic) bond motifs is 1. The van der Waals surface area contributed by atoms with Crippen LogP contribution < -0.4 is 10.6 Å². The normalized spacial score (nSPS) is 38.0. The Labute approximate surface area is 161 Å². The highest BCUT2D eigenvalue weighted by atomic mass is 79.9. The molecule has 0 saturated carbocycles. The number of amides is 3. The summed E-state index contributed by atoms with van der Waals surface area (Å²) in [6.45, 7) is 3.89. The molecular formula is C17H26BrN3O5. The zero-order valence-electron chi connectivity index (χ0n) is 15.2. The van der Waals surface area contributed by atoms with Crippen LogP contribution in [0.1, 0.15) is 26.7 Å². The van der Waals surface area contributed by atoms with Crippen molar-refractivity contribution < 1.29 is 24.2 Å².